The van der Waals surface area contributed by atoms with E-state index in [1.165, 1.54) is 0 Å². The first-order valence-corrected chi connectivity index (χ1v) is 7.51. The molecule has 0 heterocycles. The summed E-state index contributed by atoms with van der Waals surface area (Å²) in [6, 6.07) is 15.9. The van der Waals surface area contributed by atoms with Crippen LogP contribution < -0.4 is 15.4 Å². The van der Waals surface area contributed by atoms with Crippen molar-refractivity contribution < 1.29 is 14.3 Å². The SMILES string of the molecule is CCNC(=O)c1cccc(NC(=O)C(C)Oc2ccccc2)c1. The maximum absolute atomic E-state index is 12.2. The number of carbonyl (C=O) groups excluding carboxylic acids is 2. The molecule has 1 atom stereocenters. The molecule has 0 saturated heterocycles. The molecule has 0 aliphatic rings. The summed E-state index contributed by atoms with van der Waals surface area (Å²) in [5.74, 6) is 0.185. The highest BCUT2D eigenvalue weighted by atomic mass is 16.5. The predicted molar refractivity (Wildman–Crippen MR) is 89.6 cm³/mol. The quantitative estimate of drug-likeness (QED) is 0.862. The van der Waals surface area contributed by atoms with Gasteiger partial charge >= 0.3 is 0 Å². The van der Waals surface area contributed by atoms with Gasteiger partial charge in [-0.3, -0.25) is 9.59 Å². The van der Waals surface area contributed by atoms with Gasteiger partial charge in [-0.15, -0.1) is 0 Å². The zero-order valence-corrected chi connectivity index (χ0v) is 13.2. The van der Waals surface area contributed by atoms with Crippen LogP contribution in [0.3, 0.4) is 0 Å². The Morgan fingerprint density at radius 1 is 1.09 bits per heavy atom. The Bertz CT molecular complexity index is 671. The highest BCUT2D eigenvalue weighted by Gasteiger charge is 2.15. The lowest BCUT2D eigenvalue weighted by Crippen LogP contribution is -2.30. The van der Waals surface area contributed by atoms with Gasteiger partial charge in [0.15, 0.2) is 6.10 Å². The molecule has 120 valence electrons. The smallest absolute Gasteiger partial charge is 0.265 e. The Morgan fingerprint density at radius 3 is 2.52 bits per heavy atom. The van der Waals surface area contributed by atoms with Gasteiger partial charge in [0.1, 0.15) is 5.75 Å². The van der Waals surface area contributed by atoms with E-state index in [0.717, 1.165) is 0 Å². The molecular weight excluding hydrogens is 292 g/mol. The fourth-order valence-corrected chi connectivity index (χ4v) is 2.00. The Balaban J connectivity index is 1.99. The molecule has 5 nitrogen and oxygen atoms in total. The third-order valence-electron chi connectivity index (χ3n) is 3.15. The van der Waals surface area contributed by atoms with E-state index in [-0.39, 0.29) is 11.8 Å². The number of benzene rings is 2. The average molecular weight is 312 g/mol. The van der Waals surface area contributed by atoms with Crippen LogP contribution in [-0.2, 0) is 4.79 Å². The van der Waals surface area contributed by atoms with Crippen LogP contribution in [0.25, 0.3) is 0 Å². The number of hydrogen-bond acceptors (Lipinski definition) is 3. The van der Waals surface area contributed by atoms with Gasteiger partial charge in [0.2, 0.25) is 0 Å². The molecular formula is C18H20N2O3. The predicted octanol–water partition coefficient (Wildman–Crippen LogP) is 2.84. The fraction of sp³-hybridized carbons (Fsp3) is 0.222. The lowest BCUT2D eigenvalue weighted by molar-refractivity contribution is -0.122. The Kier molecular flexibility index (Phi) is 5.74. The van der Waals surface area contributed by atoms with E-state index in [1.54, 1.807) is 43.3 Å². The molecule has 5 heteroatoms. The number of carbonyl (C=O) groups is 2. The standard InChI is InChI=1S/C18H20N2O3/c1-3-19-18(22)14-8-7-9-15(12-14)20-17(21)13(2)23-16-10-5-4-6-11-16/h4-13H,3H2,1-2H3,(H,19,22)(H,20,21). The lowest BCUT2D eigenvalue weighted by atomic mass is 10.2. The van der Waals surface area contributed by atoms with E-state index in [2.05, 4.69) is 10.6 Å². The summed E-state index contributed by atoms with van der Waals surface area (Å²) in [5.41, 5.74) is 1.06. The molecule has 0 radical (unpaired) electrons. The molecule has 0 saturated carbocycles. The largest absolute Gasteiger partial charge is 0.481 e. The van der Waals surface area contributed by atoms with Gasteiger partial charge in [0.25, 0.3) is 11.8 Å². The van der Waals surface area contributed by atoms with Gasteiger partial charge < -0.3 is 15.4 Å². The van der Waals surface area contributed by atoms with Crippen molar-refractivity contribution in [1.82, 2.24) is 5.32 Å². The van der Waals surface area contributed by atoms with Crippen molar-refractivity contribution >= 4 is 17.5 Å². The lowest BCUT2D eigenvalue weighted by Gasteiger charge is -2.15. The minimum atomic E-state index is -0.648. The van der Waals surface area contributed by atoms with E-state index in [1.807, 2.05) is 25.1 Å². The van der Waals surface area contributed by atoms with E-state index in [9.17, 15) is 9.59 Å². The number of rotatable bonds is 6. The topological polar surface area (TPSA) is 67.4 Å². The summed E-state index contributed by atoms with van der Waals surface area (Å²) in [7, 11) is 0. The van der Waals surface area contributed by atoms with Crippen molar-refractivity contribution in [1.29, 1.82) is 0 Å². The second-order valence-corrected chi connectivity index (χ2v) is 5.00. The van der Waals surface area contributed by atoms with Crippen LogP contribution in [0, 0.1) is 0 Å². The monoisotopic (exact) mass is 312 g/mol. The number of hydrogen-bond donors (Lipinski definition) is 2. The molecule has 0 aliphatic heterocycles. The van der Waals surface area contributed by atoms with Crippen LogP contribution in [-0.4, -0.2) is 24.5 Å². The number of para-hydroxylation sites is 1. The van der Waals surface area contributed by atoms with Crippen molar-refractivity contribution in [3.05, 3.63) is 60.2 Å². The number of amides is 2. The van der Waals surface area contributed by atoms with Crippen molar-refractivity contribution in [3.8, 4) is 5.75 Å². The number of anilines is 1. The van der Waals surface area contributed by atoms with Crippen LogP contribution in [0.1, 0.15) is 24.2 Å². The molecule has 2 aromatic rings. The number of nitrogens with one attached hydrogen (secondary N) is 2. The molecule has 2 amide bonds. The average Bonchev–Trinajstić information content (AvgIpc) is 2.56. The molecule has 2 N–H and O–H groups in total. The zero-order chi connectivity index (χ0) is 16.7. The van der Waals surface area contributed by atoms with Crippen LogP contribution >= 0.6 is 0 Å². The molecule has 1 unspecified atom stereocenters. The van der Waals surface area contributed by atoms with E-state index < -0.39 is 6.10 Å². The summed E-state index contributed by atoms with van der Waals surface area (Å²) in [4.78, 5) is 24.0. The molecule has 2 aromatic carbocycles. The molecule has 2 rings (SSSR count). The van der Waals surface area contributed by atoms with Crippen LogP contribution in [0.5, 0.6) is 5.75 Å². The fourth-order valence-electron chi connectivity index (χ4n) is 2.00. The normalized spacial score (nSPS) is 11.4. The molecule has 0 fully saturated rings. The molecule has 0 aliphatic carbocycles. The second kappa shape index (κ2) is 7.98. The maximum atomic E-state index is 12.2. The van der Waals surface area contributed by atoms with Crippen molar-refractivity contribution in [2.45, 2.75) is 20.0 Å². The highest BCUT2D eigenvalue weighted by Crippen LogP contribution is 2.14. The van der Waals surface area contributed by atoms with E-state index in [0.29, 0.717) is 23.5 Å². The molecule has 23 heavy (non-hydrogen) atoms. The highest BCUT2D eigenvalue weighted by molar-refractivity contribution is 5.98. The Labute approximate surface area is 135 Å². The number of ether oxygens (including phenoxy) is 1. The van der Waals surface area contributed by atoms with Crippen molar-refractivity contribution in [3.63, 3.8) is 0 Å². The summed E-state index contributed by atoms with van der Waals surface area (Å²) < 4.78 is 5.57. The second-order valence-electron chi connectivity index (χ2n) is 5.00. The third-order valence-corrected chi connectivity index (χ3v) is 3.15. The summed E-state index contributed by atoms with van der Waals surface area (Å²) in [6.45, 7) is 4.08. The third kappa shape index (κ3) is 4.85. The first-order chi connectivity index (χ1) is 11.1. The van der Waals surface area contributed by atoms with Gasteiger partial charge in [-0.1, -0.05) is 24.3 Å². The Morgan fingerprint density at radius 2 is 1.83 bits per heavy atom. The zero-order valence-electron chi connectivity index (χ0n) is 13.2. The molecule has 0 spiro atoms. The van der Waals surface area contributed by atoms with Crippen LogP contribution in [0.4, 0.5) is 5.69 Å². The van der Waals surface area contributed by atoms with Gasteiger partial charge in [-0.2, -0.15) is 0 Å². The van der Waals surface area contributed by atoms with Crippen molar-refractivity contribution in [2.24, 2.45) is 0 Å². The first kappa shape index (κ1) is 16.5. The van der Waals surface area contributed by atoms with Gasteiger partial charge in [0, 0.05) is 17.8 Å². The van der Waals surface area contributed by atoms with Crippen LogP contribution in [0.2, 0.25) is 0 Å². The Hall–Kier alpha value is -2.82. The van der Waals surface area contributed by atoms with E-state index in [4.69, 9.17) is 4.74 Å². The molecule has 0 bridgehead atoms. The van der Waals surface area contributed by atoms with Crippen molar-refractivity contribution in [2.75, 3.05) is 11.9 Å². The van der Waals surface area contributed by atoms with Gasteiger partial charge in [0.05, 0.1) is 0 Å². The maximum Gasteiger partial charge on any atom is 0.265 e. The minimum Gasteiger partial charge on any atom is -0.481 e. The van der Waals surface area contributed by atoms with Gasteiger partial charge in [-0.05, 0) is 44.2 Å². The summed E-state index contributed by atoms with van der Waals surface area (Å²) >= 11 is 0. The molecule has 0 aromatic heterocycles. The van der Waals surface area contributed by atoms with Crippen LogP contribution in [0.15, 0.2) is 54.6 Å². The van der Waals surface area contributed by atoms with E-state index >= 15 is 0 Å². The summed E-state index contributed by atoms with van der Waals surface area (Å²) in [6.07, 6.45) is -0.648. The minimum absolute atomic E-state index is 0.169. The first-order valence-electron chi connectivity index (χ1n) is 7.51. The van der Waals surface area contributed by atoms with Gasteiger partial charge in [-0.25, -0.2) is 0 Å². The summed E-state index contributed by atoms with van der Waals surface area (Å²) in [5, 5.41) is 5.48.